The maximum atomic E-state index is 12.6. The number of ketones is 1. The van der Waals surface area contributed by atoms with Crippen LogP contribution in [0.3, 0.4) is 0 Å². The highest BCUT2D eigenvalue weighted by molar-refractivity contribution is 5.99. The number of rotatable bonds is 5. The van der Waals surface area contributed by atoms with Gasteiger partial charge in [-0.1, -0.05) is 12.1 Å². The molecule has 126 valence electrons. The molecule has 1 aromatic heterocycles. The molecule has 0 spiro atoms. The van der Waals surface area contributed by atoms with Gasteiger partial charge in [-0.3, -0.25) is 14.9 Å². The van der Waals surface area contributed by atoms with Crippen molar-refractivity contribution in [3.63, 3.8) is 0 Å². The van der Waals surface area contributed by atoms with Crippen LogP contribution in [0.1, 0.15) is 26.5 Å². The van der Waals surface area contributed by atoms with Crippen LogP contribution in [0.15, 0.2) is 40.8 Å². The standard InChI is InChI=1S/C14H8F3NO6/c15-14(16,17)9-3-1-2-8(6-9)10(19)7-23-13(20)11-4-5-12(24-11)18(21)22/h1-6H,7H2. The van der Waals surface area contributed by atoms with E-state index in [1.165, 1.54) is 0 Å². The van der Waals surface area contributed by atoms with E-state index in [1.54, 1.807) is 0 Å². The lowest BCUT2D eigenvalue weighted by Crippen LogP contribution is -2.15. The van der Waals surface area contributed by atoms with Gasteiger partial charge >= 0.3 is 18.0 Å². The monoisotopic (exact) mass is 343 g/mol. The van der Waals surface area contributed by atoms with Crippen LogP contribution < -0.4 is 0 Å². The van der Waals surface area contributed by atoms with Crippen LogP contribution in [0.25, 0.3) is 0 Å². The first-order valence-electron chi connectivity index (χ1n) is 6.30. The molecule has 0 unspecified atom stereocenters. The third kappa shape index (κ3) is 3.97. The van der Waals surface area contributed by atoms with E-state index in [0.717, 1.165) is 30.3 Å². The summed E-state index contributed by atoms with van der Waals surface area (Å²) in [4.78, 5) is 32.9. The summed E-state index contributed by atoms with van der Waals surface area (Å²) >= 11 is 0. The molecule has 0 bridgehead atoms. The number of ether oxygens (including phenoxy) is 1. The Morgan fingerprint density at radius 1 is 1.21 bits per heavy atom. The average molecular weight is 343 g/mol. The summed E-state index contributed by atoms with van der Waals surface area (Å²) < 4.78 is 46.9. The first-order valence-corrected chi connectivity index (χ1v) is 6.30. The van der Waals surface area contributed by atoms with E-state index < -0.39 is 46.7 Å². The van der Waals surface area contributed by atoms with Crippen LogP contribution in [0, 0.1) is 10.1 Å². The minimum absolute atomic E-state index is 0.289. The Morgan fingerprint density at radius 3 is 2.50 bits per heavy atom. The summed E-state index contributed by atoms with van der Waals surface area (Å²) in [7, 11) is 0. The van der Waals surface area contributed by atoms with Crippen molar-refractivity contribution in [3.05, 3.63) is 63.4 Å². The van der Waals surface area contributed by atoms with Crippen molar-refractivity contribution in [1.82, 2.24) is 0 Å². The number of esters is 1. The van der Waals surface area contributed by atoms with Gasteiger partial charge in [0.05, 0.1) is 11.6 Å². The number of hydrogen-bond acceptors (Lipinski definition) is 6. The molecule has 10 heteroatoms. The molecule has 0 aliphatic heterocycles. The second-order valence-electron chi connectivity index (χ2n) is 4.47. The molecule has 1 heterocycles. The van der Waals surface area contributed by atoms with Gasteiger partial charge < -0.3 is 9.15 Å². The van der Waals surface area contributed by atoms with E-state index in [9.17, 15) is 32.9 Å². The number of hydrogen-bond donors (Lipinski definition) is 0. The van der Waals surface area contributed by atoms with Gasteiger partial charge in [0.15, 0.2) is 12.4 Å². The predicted octanol–water partition coefficient (Wildman–Crippen LogP) is 3.25. The summed E-state index contributed by atoms with van der Waals surface area (Å²) in [5, 5.41) is 10.4. The Hall–Kier alpha value is -3.17. The van der Waals surface area contributed by atoms with Crippen LogP contribution in [0.4, 0.5) is 19.1 Å². The van der Waals surface area contributed by atoms with Crippen molar-refractivity contribution in [2.24, 2.45) is 0 Å². The van der Waals surface area contributed by atoms with Gasteiger partial charge in [0.1, 0.15) is 4.92 Å². The lowest BCUT2D eigenvalue weighted by Gasteiger charge is -2.08. The fourth-order valence-electron chi connectivity index (χ4n) is 1.69. The van der Waals surface area contributed by atoms with Crippen LogP contribution in [0.5, 0.6) is 0 Å². The van der Waals surface area contributed by atoms with Crippen molar-refractivity contribution in [3.8, 4) is 0 Å². The average Bonchev–Trinajstić information content (AvgIpc) is 3.02. The van der Waals surface area contributed by atoms with Crippen LogP contribution in [-0.2, 0) is 10.9 Å². The Labute approximate surface area is 131 Å². The van der Waals surface area contributed by atoms with Crippen LogP contribution in [0.2, 0.25) is 0 Å². The molecular formula is C14H8F3NO6. The van der Waals surface area contributed by atoms with Crippen molar-refractivity contribution in [2.45, 2.75) is 6.18 Å². The molecule has 0 saturated heterocycles. The molecule has 0 amide bonds. The largest absolute Gasteiger partial charge is 0.451 e. The Bertz CT molecular complexity index is 796. The maximum Gasteiger partial charge on any atom is 0.433 e. The molecule has 1 aromatic carbocycles. The summed E-state index contributed by atoms with van der Waals surface area (Å²) in [6, 6.07) is 5.52. The van der Waals surface area contributed by atoms with E-state index in [2.05, 4.69) is 9.15 Å². The minimum Gasteiger partial charge on any atom is -0.451 e. The molecule has 0 N–H and O–H groups in total. The maximum absolute atomic E-state index is 12.6. The molecule has 2 rings (SSSR count). The van der Waals surface area contributed by atoms with Crippen molar-refractivity contribution < 1.29 is 36.8 Å². The van der Waals surface area contributed by atoms with Crippen molar-refractivity contribution >= 4 is 17.6 Å². The van der Waals surface area contributed by atoms with Crippen LogP contribution >= 0.6 is 0 Å². The smallest absolute Gasteiger partial charge is 0.433 e. The lowest BCUT2D eigenvalue weighted by molar-refractivity contribution is -0.402. The third-order valence-electron chi connectivity index (χ3n) is 2.82. The van der Waals surface area contributed by atoms with Crippen molar-refractivity contribution in [1.29, 1.82) is 0 Å². The summed E-state index contributed by atoms with van der Waals surface area (Å²) in [5.41, 5.74) is -1.30. The highest BCUT2D eigenvalue weighted by atomic mass is 19.4. The summed E-state index contributed by atoms with van der Waals surface area (Å²) in [6.45, 7) is -0.839. The van der Waals surface area contributed by atoms with Gasteiger partial charge in [-0.05, 0) is 18.2 Å². The SMILES string of the molecule is O=C(COC(=O)c1ccc([N+](=O)[O-])o1)c1cccc(C(F)(F)F)c1. The first-order chi connectivity index (χ1) is 11.2. The zero-order valence-corrected chi connectivity index (χ0v) is 11.7. The molecule has 2 aromatic rings. The van der Waals surface area contributed by atoms with Gasteiger partial charge in [0, 0.05) is 5.56 Å². The molecule has 7 nitrogen and oxygen atoms in total. The molecule has 0 aliphatic rings. The number of benzene rings is 1. The zero-order valence-electron chi connectivity index (χ0n) is 11.7. The topological polar surface area (TPSA) is 99.7 Å². The Balaban J connectivity index is 2.02. The number of carbonyl (C=O) groups is 2. The van der Waals surface area contributed by atoms with Crippen LogP contribution in [-0.4, -0.2) is 23.3 Å². The fraction of sp³-hybridized carbons (Fsp3) is 0.143. The third-order valence-corrected chi connectivity index (χ3v) is 2.82. The normalized spacial score (nSPS) is 11.1. The number of Topliss-reactive ketones (excluding diaryl/α,β-unsaturated/α-hetero) is 1. The number of nitrogens with zero attached hydrogens (tertiary/aromatic N) is 1. The van der Waals surface area contributed by atoms with Gasteiger partial charge in [-0.15, -0.1) is 0 Å². The predicted molar refractivity (Wildman–Crippen MR) is 71.4 cm³/mol. The molecule has 0 saturated carbocycles. The number of halogens is 3. The molecule has 0 fully saturated rings. The fourth-order valence-corrected chi connectivity index (χ4v) is 1.69. The minimum atomic E-state index is -4.61. The van der Waals surface area contributed by atoms with E-state index in [4.69, 9.17) is 0 Å². The second kappa shape index (κ2) is 6.52. The Kier molecular flexibility index (Phi) is 4.67. The van der Waals surface area contributed by atoms with E-state index in [0.29, 0.717) is 6.07 Å². The van der Waals surface area contributed by atoms with Gasteiger partial charge in [0.2, 0.25) is 5.76 Å². The van der Waals surface area contributed by atoms with Gasteiger partial charge in [-0.2, -0.15) is 13.2 Å². The molecule has 0 radical (unpaired) electrons. The molecule has 0 aliphatic carbocycles. The Morgan fingerprint density at radius 2 is 1.92 bits per heavy atom. The van der Waals surface area contributed by atoms with E-state index >= 15 is 0 Å². The number of alkyl halides is 3. The number of nitro groups is 1. The van der Waals surface area contributed by atoms with Crippen molar-refractivity contribution in [2.75, 3.05) is 6.61 Å². The highest BCUT2D eigenvalue weighted by Gasteiger charge is 2.31. The van der Waals surface area contributed by atoms with E-state index in [1.807, 2.05) is 0 Å². The molecule has 0 atom stereocenters. The van der Waals surface area contributed by atoms with Gasteiger partial charge in [0.25, 0.3) is 0 Å². The summed E-state index contributed by atoms with van der Waals surface area (Å²) in [6.07, 6.45) is -4.61. The summed E-state index contributed by atoms with van der Waals surface area (Å²) in [5.74, 6) is -3.20. The number of carbonyl (C=O) groups excluding carboxylic acids is 2. The van der Waals surface area contributed by atoms with E-state index in [-0.39, 0.29) is 5.56 Å². The first kappa shape index (κ1) is 17.2. The zero-order chi connectivity index (χ0) is 17.9. The molecule has 24 heavy (non-hydrogen) atoms. The van der Waals surface area contributed by atoms with Gasteiger partial charge in [-0.25, -0.2) is 4.79 Å². The molecular weight excluding hydrogens is 335 g/mol. The number of furan rings is 1. The second-order valence-corrected chi connectivity index (χ2v) is 4.47. The lowest BCUT2D eigenvalue weighted by atomic mass is 10.1. The highest BCUT2D eigenvalue weighted by Crippen LogP contribution is 2.29. The quantitative estimate of drug-likeness (QED) is 0.358.